The van der Waals surface area contributed by atoms with Gasteiger partial charge in [0, 0.05) is 13.1 Å². The van der Waals surface area contributed by atoms with Gasteiger partial charge >= 0.3 is 0 Å². The molecule has 1 aromatic rings. The van der Waals surface area contributed by atoms with Gasteiger partial charge in [0.05, 0.1) is 5.75 Å². The Balaban J connectivity index is 2.45. The van der Waals surface area contributed by atoms with Crippen LogP contribution in [-0.2, 0) is 10.0 Å². The lowest BCUT2D eigenvalue weighted by molar-refractivity contribution is 0.572. The first-order valence-electron chi connectivity index (χ1n) is 6.28. The first-order valence-corrected chi connectivity index (χ1v) is 7.93. The smallest absolute Gasteiger partial charge is 0.212 e. The second-order valence-electron chi connectivity index (χ2n) is 4.34. The van der Waals surface area contributed by atoms with Gasteiger partial charge in [0.15, 0.2) is 0 Å². The van der Waals surface area contributed by atoms with Crippen LogP contribution in [0.5, 0.6) is 0 Å². The number of likely N-dealkylation sites (N-methyl/N-ethyl adjacent to an activating group) is 1. The third-order valence-corrected chi connectivity index (χ3v) is 4.29. The summed E-state index contributed by atoms with van der Waals surface area (Å²) in [6.45, 7) is 5.88. The normalized spacial score (nSPS) is 13.4. The van der Waals surface area contributed by atoms with Crippen molar-refractivity contribution in [1.82, 2.24) is 10.0 Å². The summed E-state index contributed by atoms with van der Waals surface area (Å²) in [6.07, 6.45) is 0. The molecule has 0 aliphatic rings. The average molecular weight is 270 g/mol. The van der Waals surface area contributed by atoms with E-state index in [9.17, 15) is 8.42 Å². The Morgan fingerprint density at radius 3 is 2.44 bits per heavy atom. The largest absolute Gasteiger partial charge is 0.316 e. The fraction of sp³-hybridized carbons (Fsp3) is 0.538. The molecule has 0 aliphatic carbocycles. The zero-order chi connectivity index (χ0) is 13.4. The second-order valence-corrected chi connectivity index (χ2v) is 6.19. The quantitative estimate of drug-likeness (QED) is 0.700. The lowest BCUT2D eigenvalue weighted by Gasteiger charge is -2.13. The summed E-state index contributed by atoms with van der Waals surface area (Å²) in [5, 5.41) is 3.08. The van der Waals surface area contributed by atoms with Gasteiger partial charge in [-0.25, -0.2) is 13.1 Å². The predicted molar refractivity (Wildman–Crippen MR) is 75.2 cm³/mol. The van der Waals surface area contributed by atoms with Crippen LogP contribution in [0.2, 0.25) is 0 Å². The van der Waals surface area contributed by atoms with Crippen LogP contribution < -0.4 is 10.0 Å². The van der Waals surface area contributed by atoms with Gasteiger partial charge in [-0.15, -0.1) is 0 Å². The van der Waals surface area contributed by atoms with E-state index in [-0.39, 0.29) is 11.7 Å². The summed E-state index contributed by atoms with van der Waals surface area (Å²) in [5.74, 6) is 0.131. The van der Waals surface area contributed by atoms with Gasteiger partial charge in [0.2, 0.25) is 10.0 Å². The minimum Gasteiger partial charge on any atom is -0.316 e. The summed E-state index contributed by atoms with van der Waals surface area (Å²) in [5.41, 5.74) is 1.05. The first-order chi connectivity index (χ1) is 8.55. The van der Waals surface area contributed by atoms with E-state index in [1.165, 1.54) is 0 Å². The molecule has 2 N–H and O–H groups in total. The SMILES string of the molecule is CCNCCNS(=O)(=O)CC(C)c1ccccc1. The van der Waals surface area contributed by atoms with Gasteiger partial charge in [0.1, 0.15) is 0 Å². The van der Waals surface area contributed by atoms with Crippen LogP contribution in [0.15, 0.2) is 30.3 Å². The Hall–Kier alpha value is -0.910. The highest BCUT2D eigenvalue weighted by Gasteiger charge is 2.16. The molecule has 0 spiro atoms. The third kappa shape index (κ3) is 5.62. The molecule has 4 nitrogen and oxygen atoms in total. The van der Waals surface area contributed by atoms with Gasteiger partial charge in [-0.05, 0) is 18.0 Å². The molecule has 0 radical (unpaired) electrons. The number of rotatable bonds is 8. The van der Waals surface area contributed by atoms with Gasteiger partial charge in [-0.1, -0.05) is 44.2 Å². The van der Waals surface area contributed by atoms with Crippen molar-refractivity contribution in [3.05, 3.63) is 35.9 Å². The Morgan fingerprint density at radius 1 is 1.17 bits per heavy atom. The molecule has 0 fully saturated rings. The molecular formula is C13H22N2O2S. The Bertz CT molecular complexity index is 432. The number of hydrogen-bond donors (Lipinski definition) is 2. The molecule has 0 saturated heterocycles. The van der Waals surface area contributed by atoms with Crippen LogP contribution >= 0.6 is 0 Å². The molecule has 102 valence electrons. The van der Waals surface area contributed by atoms with E-state index in [1.54, 1.807) is 0 Å². The standard InChI is InChI=1S/C13H22N2O2S/c1-3-14-9-10-15-18(16,17)11-12(2)13-7-5-4-6-8-13/h4-8,12,14-15H,3,9-11H2,1-2H3. The topological polar surface area (TPSA) is 58.2 Å². The van der Waals surface area contributed by atoms with Crippen molar-refractivity contribution in [3.63, 3.8) is 0 Å². The zero-order valence-corrected chi connectivity index (χ0v) is 11.8. The molecule has 0 bridgehead atoms. The van der Waals surface area contributed by atoms with Crippen molar-refractivity contribution in [1.29, 1.82) is 0 Å². The van der Waals surface area contributed by atoms with Crippen LogP contribution in [0, 0.1) is 0 Å². The predicted octanol–water partition coefficient (Wildman–Crippen LogP) is 1.32. The van der Waals surface area contributed by atoms with Crippen molar-refractivity contribution >= 4 is 10.0 Å². The number of hydrogen-bond acceptors (Lipinski definition) is 3. The van der Waals surface area contributed by atoms with Gasteiger partial charge in [-0.2, -0.15) is 0 Å². The third-order valence-electron chi connectivity index (χ3n) is 2.71. The van der Waals surface area contributed by atoms with E-state index in [2.05, 4.69) is 10.0 Å². The molecule has 1 aromatic carbocycles. The molecule has 0 amide bonds. The highest BCUT2D eigenvalue weighted by atomic mass is 32.2. The highest BCUT2D eigenvalue weighted by molar-refractivity contribution is 7.89. The fourth-order valence-electron chi connectivity index (χ4n) is 1.74. The molecule has 5 heteroatoms. The van der Waals surface area contributed by atoms with E-state index in [4.69, 9.17) is 0 Å². The van der Waals surface area contributed by atoms with E-state index in [1.807, 2.05) is 44.2 Å². The molecule has 18 heavy (non-hydrogen) atoms. The van der Waals surface area contributed by atoms with Crippen LogP contribution in [0.25, 0.3) is 0 Å². The molecule has 0 aliphatic heterocycles. The van der Waals surface area contributed by atoms with Crippen molar-refractivity contribution in [2.45, 2.75) is 19.8 Å². The van der Waals surface area contributed by atoms with Crippen LogP contribution in [0.4, 0.5) is 0 Å². The maximum Gasteiger partial charge on any atom is 0.212 e. The van der Waals surface area contributed by atoms with Crippen LogP contribution in [0.3, 0.4) is 0 Å². The summed E-state index contributed by atoms with van der Waals surface area (Å²) < 4.78 is 26.3. The molecular weight excluding hydrogens is 248 g/mol. The molecule has 0 aromatic heterocycles. The minimum absolute atomic E-state index is 0.00262. The minimum atomic E-state index is -3.20. The molecule has 0 heterocycles. The van der Waals surface area contributed by atoms with Crippen LogP contribution in [-0.4, -0.2) is 33.8 Å². The summed E-state index contributed by atoms with van der Waals surface area (Å²) in [6, 6.07) is 9.70. The summed E-state index contributed by atoms with van der Waals surface area (Å²) in [7, 11) is -3.20. The number of benzene rings is 1. The van der Waals surface area contributed by atoms with E-state index < -0.39 is 10.0 Å². The van der Waals surface area contributed by atoms with Crippen molar-refractivity contribution in [2.24, 2.45) is 0 Å². The summed E-state index contributed by atoms with van der Waals surface area (Å²) in [4.78, 5) is 0. The van der Waals surface area contributed by atoms with E-state index in [0.29, 0.717) is 13.1 Å². The maximum atomic E-state index is 11.8. The lowest BCUT2D eigenvalue weighted by Crippen LogP contribution is -2.34. The number of nitrogens with one attached hydrogen (secondary N) is 2. The van der Waals surface area contributed by atoms with Gasteiger partial charge in [0.25, 0.3) is 0 Å². The number of sulfonamides is 1. The molecule has 1 atom stereocenters. The van der Waals surface area contributed by atoms with E-state index in [0.717, 1.165) is 12.1 Å². The highest BCUT2D eigenvalue weighted by Crippen LogP contribution is 2.15. The van der Waals surface area contributed by atoms with Crippen molar-refractivity contribution in [2.75, 3.05) is 25.4 Å². The van der Waals surface area contributed by atoms with Gasteiger partial charge in [-0.3, -0.25) is 0 Å². The fourth-order valence-corrected chi connectivity index (χ4v) is 3.12. The zero-order valence-electron chi connectivity index (χ0n) is 11.0. The lowest BCUT2D eigenvalue weighted by atomic mass is 10.0. The Labute approximate surface area is 110 Å². The maximum absolute atomic E-state index is 11.8. The Kier molecular flexibility index (Phi) is 6.32. The monoisotopic (exact) mass is 270 g/mol. The first kappa shape index (κ1) is 15.1. The molecule has 1 rings (SSSR count). The van der Waals surface area contributed by atoms with Crippen molar-refractivity contribution in [3.8, 4) is 0 Å². The van der Waals surface area contributed by atoms with Crippen molar-refractivity contribution < 1.29 is 8.42 Å². The van der Waals surface area contributed by atoms with Gasteiger partial charge < -0.3 is 5.32 Å². The average Bonchev–Trinajstić information content (AvgIpc) is 2.35. The molecule has 1 unspecified atom stereocenters. The molecule has 0 saturated carbocycles. The summed E-state index contributed by atoms with van der Waals surface area (Å²) >= 11 is 0. The van der Waals surface area contributed by atoms with E-state index >= 15 is 0 Å². The second kappa shape index (κ2) is 7.51. The van der Waals surface area contributed by atoms with Crippen LogP contribution in [0.1, 0.15) is 25.3 Å². The Morgan fingerprint density at radius 2 is 1.83 bits per heavy atom.